The van der Waals surface area contributed by atoms with Crippen molar-refractivity contribution >= 4 is 15.9 Å². The molecule has 0 bridgehead atoms. The normalized spacial score (nSPS) is 12.9. The Morgan fingerprint density at radius 2 is 2.00 bits per heavy atom. The van der Waals surface area contributed by atoms with Crippen molar-refractivity contribution in [2.24, 2.45) is 5.73 Å². The van der Waals surface area contributed by atoms with Gasteiger partial charge in [0.05, 0.1) is 10.6 Å². The maximum atomic E-state index is 5.64. The molecule has 0 saturated heterocycles. The Balaban J connectivity index is 2.88. The van der Waals surface area contributed by atoms with E-state index in [0.29, 0.717) is 12.5 Å². The van der Waals surface area contributed by atoms with Gasteiger partial charge in [-0.1, -0.05) is 13.0 Å². The highest BCUT2D eigenvalue weighted by Crippen LogP contribution is 2.29. The molecule has 1 aromatic rings. The first-order valence-corrected chi connectivity index (χ1v) is 6.00. The lowest BCUT2D eigenvalue weighted by molar-refractivity contribution is 0.241. The molecule has 2 nitrogen and oxygen atoms in total. The lowest BCUT2D eigenvalue weighted by atomic mass is 10.0. The number of hydrogen-bond donors (Lipinski definition) is 1. The molecule has 0 aliphatic rings. The number of rotatable bonds is 4. The maximum Gasteiger partial charge on any atom is 0.133 e. The summed E-state index contributed by atoms with van der Waals surface area (Å²) in [4.78, 5) is 0. The van der Waals surface area contributed by atoms with E-state index in [-0.39, 0.29) is 6.10 Å². The van der Waals surface area contributed by atoms with E-state index in [9.17, 15) is 0 Å². The van der Waals surface area contributed by atoms with E-state index in [0.717, 1.165) is 10.2 Å². The Morgan fingerprint density at radius 3 is 2.47 bits per heavy atom. The van der Waals surface area contributed by atoms with Crippen molar-refractivity contribution in [3.8, 4) is 5.75 Å². The summed E-state index contributed by atoms with van der Waals surface area (Å²) in [5.41, 5.74) is 6.86. The van der Waals surface area contributed by atoms with Gasteiger partial charge in [-0.3, -0.25) is 0 Å². The average molecular weight is 272 g/mol. The summed E-state index contributed by atoms with van der Waals surface area (Å²) < 4.78 is 6.63. The minimum atomic E-state index is 0.194. The number of benzene rings is 1. The Kier molecular flexibility index (Phi) is 4.61. The predicted molar refractivity (Wildman–Crippen MR) is 67.4 cm³/mol. The zero-order valence-electron chi connectivity index (χ0n) is 9.46. The smallest absolute Gasteiger partial charge is 0.133 e. The monoisotopic (exact) mass is 271 g/mol. The zero-order valence-corrected chi connectivity index (χ0v) is 11.0. The van der Waals surface area contributed by atoms with E-state index in [1.165, 1.54) is 5.56 Å². The second kappa shape index (κ2) is 5.52. The summed E-state index contributed by atoms with van der Waals surface area (Å²) in [5, 5.41) is 0. The van der Waals surface area contributed by atoms with Gasteiger partial charge in [0.1, 0.15) is 5.75 Å². The summed E-state index contributed by atoms with van der Waals surface area (Å²) in [6.45, 7) is 6.81. The van der Waals surface area contributed by atoms with Gasteiger partial charge in [-0.15, -0.1) is 0 Å². The number of nitrogens with two attached hydrogens (primary N) is 1. The van der Waals surface area contributed by atoms with Gasteiger partial charge in [0.15, 0.2) is 0 Å². The predicted octanol–water partition coefficient (Wildman–Crippen LogP) is 3.30. The molecule has 15 heavy (non-hydrogen) atoms. The lowest BCUT2D eigenvalue weighted by Crippen LogP contribution is -2.09. The zero-order chi connectivity index (χ0) is 11.4. The van der Waals surface area contributed by atoms with Crippen LogP contribution in [-0.2, 0) is 0 Å². The van der Waals surface area contributed by atoms with Crippen LogP contribution in [0.15, 0.2) is 22.7 Å². The van der Waals surface area contributed by atoms with Crippen LogP contribution in [0.1, 0.15) is 32.3 Å². The first kappa shape index (κ1) is 12.5. The quantitative estimate of drug-likeness (QED) is 0.912. The number of ether oxygens (including phenoxy) is 1. The molecule has 1 atom stereocenters. The van der Waals surface area contributed by atoms with Crippen molar-refractivity contribution < 1.29 is 4.74 Å². The highest BCUT2D eigenvalue weighted by atomic mass is 79.9. The van der Waals surface area contributed by atoms with Crippen LogP contribution in [0.4, 0.5) is 0 Å². The molecule has 0 aromatic heterocycles. The second-order valence-corrected chi connectivity index (χ2v) is 4.85. The minimum absolute atomic E-state index is 0.194. The molecule has 0 radical (unpaired) electrons. The van der Waals surface area contributed by atoms with Crippen LogP contribution in [0.25, 0.3) is 0 Å². The van der Waals surface area contributed by atoms with Crippen molar-refractivity contribution in [3.63, 3.8) is 0 Å². The third-order valence-electron chi connectivity index (χ3n) is 2.24. The molecule has 0 saturated carbocycles. The van der Waals surface area contributed by atoms with Crippen molar-refractivity contribution in [1.29, 1.82) is 0 Å². The van der Waals surface area contributed by atoms with E-state index in [1.54, 1.807) is 0 Å². The van der Waals surface area contributed by atoms with Gasteiger partial charge in [0, 0.05) is 0 Å². The molecule has 3 heteroatoms. The molecule has 0 aliphatic carbocycles. The molecule has 0 amide bonds. The van der Waals surface area contributed by atoms with Gasteiger partial charge >= 0.3 is 0 Å². The fourth-order valence-corrected chi connectivity index (χ4v) is 1.80. The molecule has 0 heterocycles. The maximum absolute atomic E-state index is 5.64. The Morgan fingerprint density at radius 1 is 1.33 bits per heavy atom. The summed E-state index contributed by atoms with van der Waals surface area (Å²) in [5.74, 6) is 1.27. The topological polar surface area (TPSA) is 35.2 Å². The summed E-state index contributed by atoms with van der Waals surface area (Å²) >= 11 is 3.51. The third kappa shape index (κ3) is 3.50. The molecule has 1 rings (SSSR count). The minimum Gasteiger partial charge on any atom is -0.490 e. The first-order chi connectivity index (χ1) is 7.04. The van der Waals surface area contributed by atoms with Crippen LogP contribution in [-0.4, -0.2) is 12.6 Å². The van der Waals surface area contributed by atoms with E-state index < -0.39 is 0 Å². The molecular formula is C12H18BrNO. The van der Waals surface area contributed by atoms with E-state index in [1.807, 2.05) is 19.9 Å². The average Bonchev–Trinajstić information content (AvgIpc) is 2.19. The van der Waals surface area contributed by atoms with Crippen LogP contribution in [0.5, 0.6) is 5.75 Å². The molecule has 1 unspecified atom stereocenters. The van der Waals surface area contributed by atoms with Crippen LogP contribution < -0.4 is 10.5 Å². The third-order valence-corrected chi connectivity index (χ3v) is 2.86. The molecule has 0 aliphatic heterocycles. The van der Waals surface area contributed by atoms with E-state index >= 15 is 0 Å². The highest BCUT2D eigenvalue weighted by molar-refractivity contribution is 9.10. The van der Waals surface area contributed by atoms with E-state index in [4.69, 9.17) is 10.5 Å². The van der Waals surface area contributed by atoms with Crippen LogP contribution in [0, 0.1) is 0 Å². The summed E-state index contributed by atoms with van der Waals surface area (Å²) in [6.07, 6.45) is 0.194. The summed E-state index contributed by atoms with van der Waals surface area (Å²) in [6, 6.07) is 6.14. The number of hydrogen-bond acceptors (Lipinski definition) is 2. The van der Waals surface area contributed by atoms with Gasteiger partial charge in [-0.2, -0.15) is 0 Å². The fraction of sp³-hybridized carbons (Fsp3) is 0.500. The lowest BCUT2D eigenvalue weighted by Gasteiger charge is -2.14. The molecule has 2 N–H and O–H groups in total. The molecule has 0 spiro atoms. The van der Waals surface area contributed by atoms with Crippen LogP contribution in [0.2, 0.25) is 0 Å². The Labute approximate surface area is 99.9 Å². The largest absolute Gasteiger partial charge is 0.490 e. The van der Waals surface area contributed by atoms with E-state index in [2.05, 4.69) is 35.0 Å². The van der Waals surface area contributed by atoms with Gasteiger partial charge in [0.25, 0.3) is 0 Å². The van der Waals surface area contributed by atoms with Crippen molar-refractivity contribution in [3.05, 3.63) is 28.2 Å². The second-order valence-electron chi connectivity index (χ2n) is 3.99. The van der Waals surface area contributed by atoms with Gasteiger partial charge < -0.3 is 10.5 Å². The molecular weight excluding hydrogens is 254 g/mol. The van der Waals surface area contributed by atoms with Gasteiger partial charge in [-0.25, -0.2) is 0 Å². The molecule has 0 fully saturated rings. The van der Waals surface area contributed by atoms with Crippen molar-refractivity contribution in [2.45, 2.75) is 32.8 Å². The molecule has 84 valence electrons. The standard InChI is InChI=1S/C12H18BrNO/c1-8(2)15-12-5-4-10(6-11(12)13)9(3)7-14/h4-6,8-9H,7,14H2,1-3H3. The van der Waals surface area contributed by atoms with Crippen molar-refractivity contribution in [1.82, 2.24) is 0 Å². The van der Waals surface area contributed by atoms with Crippen molar-refractivity contribution in [2.75, 3.05) is 6.54 Å². The first-order valence-electron chi connectivity index (χ1n) is 5.20. The fourth-order valence-electron chi connectivity index (χ4n) is 1.31. The van der Waals surface area contributed by atoms with Crippen LogP contribution >= 0.6 is 15.9 Å². The summed E-state index contributed by atoms with van der Waals surface area (Å²) in [7, 11) is 0. The Bertz CT molecular complexity index is 325. The SMILES string of the molecule is CC(C)Oc1ccc(C(C)CN)cc1Br. The Hall–Kier alpha value is -0.540. The molecule has 1 aromatic carbocycles. The number of halogens is 1. The van der Waals surface area contributed by atoms with Gasteiger partial charge in [-0.05, 0) is 59.9 Å². The van der Waals surface area contributed by atoms with Gasteiger partial charge in [0.2, 0.25) is 0 Å². The highest BCUT2D eigenvalue weighted by Gasteiger charge is 2.08. The van der Waals surface area contributed by atoms with Crippen LogP contribution in [0.3, 0.4) is 0 Å².